The van der Waals surface area contributed by atoms with E-state index in [9.17, 15) is 0 Å². The van der Waals surface area contributed by atoms with Crippen LogP contribution in [0, 0.1) is 10.8 Å². The van der Waals surface area contributed by atoms with Gasteiger partial charge < -0.3 is 10.6 Å². The van der Waals surface area contributed by atoms with Gasteiger partial charge in [-0.05, 0) is 58.3 Å². The van der Waals surface area contributed by atoms with E-state index in [1.807, 2.05) is 0 Å². The van der Waals surface area contributed by atoms with Crippen LogP contribution < -0.4 is 5.73 Å². The highest BCUT2D eigenvalue weighted by atomic mass is 15.3. The number of rotatable bonds is 7. The lowest BCUT2D eigenvalue weighted by Gasteiger charge is -2.32. The predicted octanol–water partition coefficient (Wildman–Crippen LogP) is 2.68. The van der Waals surface area contributed by atoms with Gasteiger partial charge in [0.15, 0.2) is 0 Å². The molecule has 21 heavy (non-hydrogen) atoms. The molecular formula is C17H34N4. The Morgan fingerprint density at radius 3 is 2.52 bits per heavy atom. The van der Waals surface area contributed by atoms with Crippen molar-refractivity contribution in [2.75, 3.05) is 32.7 Å². The van der Waals surface area contributed by atoms with Crippen molar-refractivity contribution in [1.29, 1.82) is 5.41 Å². The highest BCUT2D eigenvalue weighted by Gasteiger charge is 2.28. The average Bonchev–Trinajstić information content (AvgIpc) is 2.93. The Morgan fingerprint density at radius 1 is 1.14 bits per heavy atom. The fourth-order valence-electron chi connectivity index (χ4n) is 3.63. The second-order valence-corrected chi connectivity index (χ2v) is 7.59. The van der Waals surface area contributed by atoms with Gasteiger partial charge in [-0.1, -0.05) is 26.7 Å². The third-order valence-electron chi connectivity index (χ3n) is 5.41. The summed E-state index contributed by atoms with van der Waals surface area (Å²) in [5, 5.41) is 7.60. The van der Waals surface area contributed by atoms with Crippen LogP contribution in [0.25, 0.3) is 0 Å². The van der Waals surface area contributed by atoms with E-state index < -0.39 is 0 Å². The summed E-state index contributed by atoms with van der Waals surface area (Å²) in [7, 11) is 0. The Kier molecular flexibility index (Phi) is 6.06. The van der Waals surface area contributed by atoms with Crippen LogP contribution in [0.3, 0.4) is 0 Å². The molecule has 3 N–H and O–H groups in total. The molecule has 4 heteroatoms. The highest BCUT2D eigenvalue weighted by Crippen LogP contribution is 2.24. The quantitative estimate of drug-likeness (QED) is 0.431. The Bertz CT molecular complexity index is 334. The van der Waals surface area contributed by atoms with E-state index in [1.165, 1.54) is 71.2 Å². The first kappa shape index (κ1) is 16.8. The third-order valence-corrected chi connectivity index (χ3v) is 5.41. The average molecular weight is 294 g/mol. The summed E-state index contributed by atoms with van der Waals surface area (Å²) in [4.78, 5) is 5.36. The Labute approximate surface area is 130 Å². The molecular weight excluding hydrogens is 260 g/mol. The van der Waals surface area contributed by atoms with Crippen molar-refractivity contribution in [3.63, 3.8) is 0 Å². The maximum atomic E-state index is 7.60. The summed E-state index contributed by atoms with van der Waals surface area (Å²) in [6, 6.07) is 0.818. The van der Waals surface area contributed by atoms with Crippen molar-refractivity contribution in [1.82, 2.24) is 9.80 Å². The van der Waals surface area contributed by atoms with Crippen LogP contribution in [0.1, 0.15) is 58.8 Å². The molecule has 0 aromatic heterocycles. The smallest absolute Gasteiger partial charge is 0.0963 e. The molecule has 1 atom stereocenters. The van der Waals surface area contributed by atoms with E-state index in [0.717, 1.165) is 12.5 Å². The van der Waals surface area contributed by atoms with Crippen LogP contribution in [0.5, 0.6) is 0 Å². The molecule has 0 spiro atoms. The van der Waals surface area contributed by atoms with Crippen LogP contribution in [0.15, 0.2) is 0 Å². The summed E-state index contributed by atoms with van der Waals surface area (Å²) in [6.07, 6.45) is 9.04. The second-order valence-electron chi connectivity index (χ2n) is 7.59. The molecule has 2 aliphatic heterocycles. The minimum atomic E-state index is -0.124. The molecule has 2 rings (SSSR count). The summed E-state index contributed by atoms with van der Waals surface area (Å²) >= 11 is 0. The standard InChI is InChI=1S/C17H34N4/c1-17(2,16(18)19)9-4-7-10-20-13-8-15(14-20)21-11-5-3-6-12-21/h15H,3-14H2,1-2H3,(H3,18,19). The van der Waals surface area contributed by atoms with Crippen LogP contribution in [-0.2, 0) is 0 Å². The number of hydrogen-bond donors (Lipinski definition) is 2. The van der Waals surface area contributed by atoms with Crippen molar-refractivity contribution in [3.05, 3.63) is 0 Å². The van der Waals surface area contributed by atoms with Crippen molar-refractivity contribution in [2.45, 2.75) is 64.8 Å². The SMILES string of the molecule is CC(C)(CCCCN1CCC(N2CCCCC2)C1)C(=N)N. The summed E-state index contributed by atoms with van der Waals surface area (Å²) < 4.78 is 0. The van der Waals surface area contributed by atoms with Gasteiger partial charge in [-0.3, -0.25) is 10.3 Å². The lowest BCUT2D eigenvalue weighted by atomic mass is 9.86. The van der Waals surface area contributed by atoms with Crippen LogP contribution in [0.2, 0.25) is 0 Å². The van der Waals surface area contributed by atoms with Gasteiger partial charge >= 0.3 is 0 Å². The van der Waals surface area contributed by atoms with E-state index in [1.54, 1.807) is 0 Å². The van der Waals surface area contributed by atoms with Gasteiger partial charge in [0.05, 0.1) is 5.84 Å². The van der Waals surface area contributed by atoms with E-state index in [-0.39, 0.29) is 5.41 Å². The Hall–Kier alpha value is -0.610. The van der Waals surface area contributed by atoms with Gasteiger partial charge in [0.2, 0.25) is 0 Å². The van der Waals surface area contributed by atoms with Gasteiger partial charge in [0.1, 0.15) is 0 Å². The zero-order valence-electron chi connectivity index (χ0n) is 14.0. The second kappa shape index (κ2) is 7.59. The maximum Gasteiger partial charge on any atom is 0.0963 e. The van der Waals surface area contributed by atoms with E-state index in [0.29, 0.717) is 5.84 Å². The first-order chi connectivity index (χ1) is 9.99. The molecule has 0 aromatic carbocycles. The van der Waals surface area contributed by atoms with Crippen molar-refractivity contribution in [3.8, 4) is 0 Å². The maximum absolute atomic E-state index is 7.60. The molecule has 0 aliphatic carbocycles. The number of nitrogens with one attached hydrogen (secondary N) is 1. The first-order valence-electron chi connectivity index (χ1n) is 8.80. The number of nitrogens with zero attached hydrogens (tertiary/aromatic N) is 2. The molecule has 4 nitrogen and oxygen atoms in total. The number of amidine groups is 1. The minimum absolute atomic E-state index is 0.124. The zero-order valence-corrected chi connectivity index (χ0v) is 14.0. The molecule has 0 bridgehead atoms. The van der Waals surface area contributed by atoms with Gasteiger partial charge in [0.25, 0.3) is 0 Å². The van der Waals surface area contributed by atoms with Crippen molar-refractivity contribution < 1.29 is 0 Å². The lowest BCUT2D eigenvalue weighted by Crippen LogP contribution is -2.40. The fourth-order valence-corrected chi connectivity index (χ4v) is 3.63. The highest BCUT2D eigenvalue weighted by molar-refractivity contribution is 5.82. The third kappa shape index (κ3) is 4.96. The Morgan fingerprint density at radius 2 is 1.86 bits per heavy atom. The number of unbranched alkanes of at least 4 members (excludes halogenated alkanes) is 1. The largest absolute Gasteiger partial charge is 0.387 e. The van der Waals surface area contributed by atoms with Crippen molar-refractivity contribution in [2.24, 2.45) is 11.1 Å². The minimum Gasteiger partial charge on any atom is -0.387 e. The predicted molar refractivity (Wildman–Crippen MR) is 89.8 cm³/mol. The van der Waals surface area contributed by atoms with Gasteiger partial charge in [-0.15, -0.1) is 0 Å². The van der Waals surface area contributed by atoms with Crippen molar-refractivity contribution >= 4 is 5.84 Å². The molecule has 122 valence electrons. The van der Waals surface area contributed by atoms with E-state index >= 15 is 0 Å². The monoisotopic (exact) mass is 294 g/mol. The molecule has 0 saturated carbocycles. The summed E-state index contributed by atoms with van der Waals surface area (Å²) in [6.45, 7) is 10.6. The lowest BCUT2D eigenvalue weighted by molar-refractivity contribution is 0.161. The molecule has 0 aromatic rings. The molecule has 2 heterocycles. The van der Waals surface area contributed by atoms with Gasteiger partial charge in [0, 0.05) is 18.0 Å². The van der Waals surface area contributed by atoms with Gasteiger partial charge in [-0.2, -0.15) is 0 Å². The van der Waals surface area contributed by atoms with E-state index in [2.05, 4.69) is 23.6 Å². The normalized spacial score (nSPS) is 25.3. The zero-order chi connectivity index (χ0) is 15.3. The van der Waals surface area contributed by atoms with Crippen LogP contribution >= 0.6 is 0 Å². The van der Waals surface area contributed by atoms with E-state index in [4.69, 9.17) is 11.1 Å². The topological polar surface area (TPSA) is 56.4 Å². The number of nitrogens with two attached hydrogens (primary N) is 1. The summed E-state index contributed by atoms with van der Waals surface area (Å²) in [5.74, 6) is 0.328. The molecule has 0 radical (unpaired) electrons. The molecule has 0 amide bonds. The fraction of sp³-hybridized carbons (Fsp3) is 0.941. The van der Waals surface area contributed by atoms with Crippen LogP contribution in [0.4, 0.5) is 0 Å². The van der Waals surface area contributed by atoms with Crippen LogP contribution in [-0.4, -0.2) is 54.4 Å². The molecule has 2 aliphatic rings. The number of hydrogen-bond acceptors (Lipinski definition) is 3. The molecule has 2 saturated heterocycles. The van der Waals surface area contributed by atoms with Gasteiger partial charge in [-0.25, -0.2) is 0 Å². The Balaban J connectivity index is 1.61. The molecule has 2 fully saturated rings. The molecule has 1 unspecified atom stereocenters. The number of likely N-dealkylation sites (tertiary alicyclic amines) is 2. The number of piperidine rings is 1. The first-order valence-corrected chi connectivity index (χ1v) is 8.80. The summed E-state index contributed by atoms with van der Waals surface area (Å²) in [5.41, 5.74) is 5.52.